The summed E-state index contributed by atoms with van der Waals surface area (Å²) in [4.78, 5) is 11.4. The molecule has 0 N–H and O–H groups in total. The minimum absolute atomic E-state index is 0.837. The van der Waals surface area contributed by atoms with E-state index in [1.807, 2.05) is 18.5 Å². The van der Waals surface area contributed by atoms with Gasteiger partial charge in [-0.2, -0.15) is 0 Å². The second-order valence-electron chi connectivity index (χ2n) is 5.24. The summed E-state index contributed by atoms with van der Waals surface area (Å²) in [5.41, 5.74) is 3.21. The molecule has 0 bridgehead atoms. The Labute approximate surface area is 122 Å². The summed E-state index contributed by atoms with van der Waals surface area (Å²) in [5.74, 6) is 0.837. The molecule has 0 aliphatic carbocycles. The molecule has 3 nitrogen and oxygen atoms in total. The first kappa shape index (κ1) is 12.9. The van der Waals surface area contributed by atoms with E-state index < -0.39 is 0 Å². The molecule has 0 spiro atoms. The molecule has 0 aromatic carbocycles. The molecule has 1 aliphatic heterocycles. The fourth-order valence-corrected chi connectivity index (χ4v) is 3.26. The van der Waals surface area contributed by atoms with Crippen molar-refractivity contribution in [2.24, 2.45) is 5.92 Å². The van der Waals surface area contributed by atoms with Gasteiger partial charge in [0.05, 0.1) is 11.2 Å². The Morgan fingerprint density at radius 3 is 3.16 bits per heavy atom. The van der Waals surface area contributed by atoms with Crippen molar-refractivity contribution in [3.8, 4) is 0 Å². The van der Waals surface area contributed by atoms with Crippen LogP contribution < -0.4 is 4.90 Å². The van der Waals surface area contributed by atoms with Gasteiger partial charge in [0.25, 0.3) is 0 Å². The molecule has 2 aromatic heterocycles. The van der Waals surface area contributed by atoms with Gasteiger partial charge in [-0.05, 0) is 46.8 Å². The van der Waals surface area contributed by atoms with E-state index in [0.29, 0.717) is 0 Å². The van der Waals surface area contributed by atoms with E-state index in [-0.39, 0.29) is 0 Å². The number of rotatable bonds is 3. The first-order valence-electron chi connectivity index (χ1n) is 6.93. The summed E-state index contributed by atoms with van der Waals surface area (Å²) in [6, 6.07) is 4.13. The lowest BCUT2D eigenvalue weighted by molar-refractivity contribution is 0.530. The van der Waals surface area contributed by atoms with Crippen molar-refractivity contribution in [1.29, 1.82) is 0 Å². The number of hydrogen-bond donors (Lipinski definition) is 0. The summed E-state index contributed by atoms with van der Waals surface area (Å²) in [7, 11) is 0. The van der Waals surface area contributed by atoms with Gasteiger partial charge in [-0.1, -0.05) is 13.3 Å². The molecule has 2 aromatic rings. The van der Waals surface area contributed by atoms with Crippen molar-refractivity contribution in [3.63, 3.8) is 0 Å². The monoisotopic (exact) mass is 319 g/mol. The Kier molecular flexibility index (Phi) is 3.69. The van der Waals surface area contributed by atoms with Gasteiger partial charge in [-0.3, -0.25) is 9.97 Å². The molecule has 4 heteroatoms. The zero-order chi connectivity index (χ0) is 13.2. The maximum absolute atomic E-state index is 4.55. The van der Waals surface area contributed by atoms with Crippen LogP contribution >= 0.6 is 15.9 Å². The van der Waals surface area contributed by atoms with Crippen molar-refractivity contribution < 1.29 is 0 Å². The van der Waals surface area contributed by atoms with E-state index in [1.165, 1.54) is 24.9 Å². The maximum Gasteiger partial charge on any atom is 0.112 e. The van der Waals surface area contributed by atoms with Crippen LogP contribution in [-0.2, 0) is 0 Å². The van der Waals surface area contributed by atoms with E-state index in [0.717, 1.165) is 34.5 Å². The highest BCUT2D eigenvalue weighted by Gasteiger charge is 2.23. The van der Waals surface area contributed by atoms with Gasteiger partial charge in [0, 0.05) is 30.0 Å². The molecule has 3 rings (SSSR count). The van der Waals surface area contributed by atoms with Crippen LogP contribution in [0, 0.1) is 5.92 Å². The third-order valence-corrected chi connectivity index (χ3v) is 4.28. The van der Waals surface area contributed by atoms with Crippen molar-refractivity contribution >= 4 is 32.7 Å². The van der Waals surface area contributed by atoms with E-state index in [1.54, 1.807) is 0 Å². The van der Waals surface area contributed by atoms with Crippen LogP contribution in [0.1, 0.15) is 26.2 Å². The van der Waals surface area contributed by atoms with Crippen molar-refractivity contribution in [2.45, 2.75) is 26.2 Å². The molecule has 3 heterocycles. The van der Waals surface area contributed by atoms with Gasteiger partial charge in [0.2, 0.25) is 0 Å². The lowest BCUT2D eigenvalue weighted by Gasteiger charge is -2.19. The molecule has 19 heavy (non-hydrogen) atoms. The van der Waals surface area contributed by atoms with Crippen LogP contribution in [0.5, 0.6) is 0 Å². The van der Waals surface area contributed by atoms with Crippen LogP contribution in [0.2, 0.25) is 0 Å². The van der Waals surface area contributed by atoms with Crippen LogP contribution in [0.4, 0.5) is 5.69 Å². The number of aromatic nitrogens is 2. The van der Waals surface area contributed by atoms with Crippen molar-refractivity contribution in [3.05, 3.63) is 29.0 Å². The molecule has 1 fully saturated rings. The van der Waals surface area contributed by atoms with E-state index in [2.05, 4.69) is 43.8 Å². The fraction of sp³-hybridized carbons (Fsp3) is 0.467. The topological polar surface area (TPSA) is 29.0 Å². The van der Waals surface area contributed by atoms with Crippen LogP contribution in [0.3, 0.4) is 0 Å². The van der Waals surface area contributed by atoms with Gasteiger partial charge >= 0.3 is 0 Å². The minimum atomic E-state index is 0.837. The highest BCUT2D eigenvalue weighted by Crippen LogP contribution is 2.30. The second kappa shape index (κ2) is 5.45. The van der Waals surface area contributed by atoms with Crippen LogP contribution in [0.25, 0.3) is 11.0 Å². The summed E-state index contributed by atoms with van der Waals surface area (Å²) in [6.07, 6.45) is 7.65. The minimum Gasteiger partial charge on any atom is -0.369 e. The molecule has 1 unspecified atom stereocenters. The summed E-state index contributed by atoms with van der Waals surface area (Å²) in [6.45, 7) is 4.57. The zero-order valence-corrected chi connectivity index (χ0v) is 12.7. The third-order valence-electron chi connectivity index (χ3n) is 3.85. The Bertz CT molecular complexity index is 585. The van der Waals surface area contributed by atoms with Crippen molar-refractivity contribution in [2.75, 3.05) is 18.0 Å². The summed E-state index contributed by atoms with van der Waals surface area (Å²) in [5, 5.41) is 0. The smallest absolute Gasteiger partial charge is 0.112 e. The molecular formula is C15H18BrN3. The molecular weight excluding hydrogens is 302 g/mol. The Balaban J connectivity index is 1.93. The van der Waals surface area contributed by atoms with Gasteiger partial charge in [-0.25, -0.2) is 0 Å². The molecule has 0 amide bonds. The van der Waals surface area contributed by atoms with Crippen LogP contribution in [0.15, 0.2) is 29.0 Å². The fourth-order valence-electron chi connectivity index (χ4n) is 2.94. The second-order valence-corrected chi connectivity index (χ2v) is 6.16. The van der Waals surface area contributed by atoms with E-state index >= 15 is 0 Å². The molecule has 0 saturated carbocycles. The van der Waals surface area contributed by atoms with Gasteiger partial charge in [0.1, 0.15) is 5.52 Å². The molecule has 1 saturated heterocycles. The Morgan fingerprint density at radius 2 is 2.32 bits per heavy atom. The zero-order valence-electron chi connectivity index (χ0n) is 11.1. The number of pyridine rings is 2. The third kappa shape index (κ3) is 2.59. The van der Waals surface area contributed by atoms with Gasteiger partial charge in [-0.15, -0.1) is 0 Å². The molecule has 0 radical (unpaired) electrons. The normalized spacial score (nSPS) is 19.3. The standard InChI is InChI=1S/C15H18BrN3/c1-2-3-11-5-7-19(10-11)14-4-6-17-13-8-12(16)9-18-15(13)14/h4,6,8-9,11H,2-3,5,7,10H2,1H3. The number of nitrogens with zero attached hydrogens (tertiary/aromatic N) is 3. The Morgan fingerprint density at radius 1 is 1.42 bits per heavy atom. The average molecular weight is 320 g/mol. The molecule has 1 atom stereocenters. The Hall–Kier alpha value is -1.16. The number of anilines is 1. The molecule has 1 aliphatic rings. The van der Waals surface area contributed by atoms with Gasteiger partial charge < -0.3 is 4.90 Å². The maximum atomic E-state index is 4.55. The number of hydrogen-bond acceptors (Lipinski definition) is 3. The lowest BCUT2D eigenvalue weighted by atomic mass is 10.0. The van der Waals surface area contributed by atoms with Gasteiger partial charge in [0.15, 0.2) is 0 Å². The first-order chi connectivity index (χ1) is 9.28. The summed E-state index contributed by atoms with van der Waals surface area (Å²) >= 11 is 3.45. The first-order valence-corrected chi connectivity index (χ1v) is 7.72. The quantitative estimate of drug-likeness (QED) is 0.855. The van der Waals surface area contributed by atoms with Crippen molar-refractivity contribution in [1.82, 2.24) is 9.97 Å². The van der Waals surface area contributed by atoms with E-state index in [9.17, 15) is 0 Å². The predicted octanol–water partition coefficient (Wildman–Crippen LogP) is 4.02. The molecule has 100 valence electrons. The predicted molar refractivity (Wildman–Crippen MR) is 82.5 cm³/mol. The highest BCUT2D eigenvalue weighted by atomic mass is 79.9. The SMILES string of the molecule is CCCC1CCN(c2ccnc3cc(Br)cnc23)C1. The highest BCUT2D eigenvalue weighted by molar-refractivity contribution is 9.10. The average Bonchev–Trinajstić information content (AvgIpc) is 2.86. The number of fused-ring (bicyclic) bond motifs is 1. The lowest BCUT2D eigenvalue weighted by Crippen LogP contribution is -2.20. The number of halogens is 1. The largest absolute Gasteiger partial charge is 0.369 e. The van der Waals surface area contributed by atoms with E-state index in [4.69, 9.17) is 0 Å². The van der Waals surface area contributed by atoms with Crippen LogP contribution in [-0.4, -0.2) is 23.1 Å². The summed E-state index contributed by atoms with van der Waals surface area (Å²) < 4.78 is 0.981.